The van der Waals surface area contributed by atoms with Crippen molar-refractivity contribution in [2.24, 2.45) is 0 Å². The van der Waals surface area contributed by atoms with E-state index in [1.54, 1.807) is 6.07 Å². The van der Waals surface area contributed by atoms with Gasteiger partial charge in [0.05, 0.1) is 16.7 Å². The van der Waals surface area contributed by atoms with Gasteiger partial charge in [-0.2, -0.15) is 4.39 Å². The molecule has 1 saturated heterocycles. The summed E-state index contributed by atoms with van der Waals surface area (Å²) in [4.78, 5) is 39.4. The summed E-state index contributed by atoms with van der Waals surface area (Å²) in [7, 11) is 1.49. The maximum atomic E-state index is 14.5. The van der Waals surface area contributed by atoms with Crippen LogP contribution in [0.15, 0.2) is 35.3 Å². The topological polar surface area (TPSA) is 94.2 Å². The molecule has 168 valence electrons. The van der Waals surface area contributed by atoms with E-state index in [1.165, 1.54) is 13.1 Å². The highest BCUT2D eigenvalue weighted by molar-refractivity contribution is 5.92. The largest absolute Gasteiger partial charge is 0.365 e. The first-order valence-corrected chi connectivity index (χ1v) is 10.8. The van der Waals surface area contributed by atoms with E-state index < -0.39 is 11.9 Å². The van der Waals surface area contributed by atoms with Crippen LogP contribution >= 0.6 is 0 Å². The molecule has 4 heterocycles. The Hall–Kier alpha value is -3.33. The van der Waals surface area contributed by atoms with E-state index in [2.05, 4.69) is 32.1 Å². The molecule has 3 aromatic heterocycles. The third-order valence-electron chi connectivity index (χ3n) is 6.15. The number of amides is 1. The zero-order valence-electron chi connectivity index (χ0n) is 18.5. The van der Waals surface area contributed by atoms with Crippen molar-refractivity contribution in [2.45, 2.75) is 26.3 Å². The molecule has 0 bridgehead atoms. The average Bonchev–Trinajstić information content (AvgIpc) is 2.82. The Morgan fingerprint density at radius 1 is 1.25 bits per heavy atom. The molecule has 8 nitrogen and oxygen atoms in total. The van der Waals surface area contributed by atoms with E-state index in [9.17, 15) is 14.0 Å². The summed E-state index contributed by atoms with van der Waals surface area (Å²) in [6.07, 6.45) is 2.53. The van der Waals surface area contributed by atoms with Gasteiger partial charge < -0.3 is 15.2 Å². The molecule has 1 aliphatic rings. The van der Waals surface area contributed by atoms with Crippen molar-refractivity contribution in [3.8, 4) is 0 Å². The molecule has 2 N–H and O–H groups in total. The number of carbonyl (C=O) groups excluding carboxylic acids is 1. The van der Waals surface area contributed by atoms with Gasteiger partial charge in [0.25, 0.3) is 11.5 Å². The molecule has 1 unspecified atom stereocenters. The number of nitrogens with one attached hydrogen (secondary N) is 2. The summed E-state index contributed by atoms with van der Waals surface area (Å²) < 4.78 is 14.5. The molecule has 0 aliphatic carbocycles. The minimum Gasteiger partial charge on any atom is -0.365 e. The molecule has 9 heteroatoms. The highest BCUT2D eigenvalue weighted by Gasteiger charge is 2.25. The molecule has 0 aromatic carbocycles. The van der Waals surface area contributed by atoms with E-state index >= 15 is 0 Å². The summed E-state index contributed by atoms with van der Waals surface area (Å²) in [6.45, 7) is 6.81. The van der Waals surface area contributed by atoms with Crippen molar-refractivity contribution in [3.63, 3.8) is 0 Å². The van der Waals surface area contributed by atoms with Crippen LogP contribution in [0.4, 0.5) is 10.1 Å². The van der Waals surface area contributed by atoms with Crippen molar-refractivity contribution in [2.75, 3.05) is 38.1 Å². The van der Waals surface area contributed by atoms with Crippen molar-refractivity contribution in [3.05, 3.63) is 63.6 Å². The second-order valence-corrected chi connectivity index (χ2v) is 7.96. The summed E-state index contributed by atoms with van der Waals surface area (Å²) in [5.41, 5.74) is 3.67. The number of carbonyl (C=O) groups is 1. The lowest BCUT2D eigenvalue weighted by Gasteiger charge is -2.39. The molecular formula is C23H27FN6O2. The Labute approximate surface area is 185 Å². The van der Waals surface area contributed by atoms with Crippen molar-refractivity contribution in [1.29, 1.82) is 0 Å². The van der Waals surface area contributed by atoms with Gasteiger partial charge >= 0.3 is 0 Å². The van der Waals surface area contributed by atoms with Crippen LogP contribution in [-0.4, -0.2) is 59.0 Å². The molecule has 4 rings (SSSR count). The average molecular weight is 439 g/mol. The van der Waals surface area contributed by atoms with Crippen molar-refractivity contribution in [1.82, 2.24) is 25.2 Å². The number of aromatic nitrogens is 3. The predicted molar refractivity (Wildman–Crippen MR) is 122 cm³/mol. The van der Waals surface area contributed by atoms with E-state index in [0.717, 1.165) is 35.2 Å². The number of hydrogen-bond donors (Lipinski definition) is 2. The van der Waals surface area contributed by atoms with Crippen LogP contribution in [0.25, 0.3) is 11.0 Å². The summed E-state index contributed by atoms with van der Waals surface area (Å²) in [5.74, 6) is -1.05. The normalized spacial score (nSPS) is 15.7. The number of aromatic amines is 1. The van der Waals surface area contributed by atoms with Gasteiger partial charge in [0.2, 0.25) is 5.95 Å². The molecule has 0 saturated carbocycles. The van der Waals surface area contributed by atoms with E-state index in [-0.39, 0.29) is 17.3 Å². The van der Waals surface area contributed by atoms with E-state index in [4.69, 9.17) is 0 Å². The second kappa shape index (κ2) is 9.04. The number of rotatable bonds is 5. The van der Waals surface area contributed by atoms with Gasteiger partial charge in [-0.15, -0.1) is 0 Å². The maximum absolute atomic E-state index is 14.5. The van der Waals surface area contributed by atoms with Gasteiger partial charge in [-0.25, -0.2) is 4.98 Å². The summed E-state index contributed by atoms with van der Waals surface area (Å²) in [5, 5.41) is 2.45. The smallest absolute Gasteiger partial charge is 0.269 e. The summed E-state index contributed by atoms with van der Waals surface area (Å²) in [6, 6.07) is 7.08. The molecule has 0 radical (unpaired) electrons. The van der Waals surface area contributed by atoms with Crippen LogP contribution in [0.3, 0.4) is 0 Å². The lowest BCUT2D eigenvalue weighted by Crippen LogP contribution is -2.47. The Morgan fingerprint density at radius 3 is 2.66 bits per heavy atom. The standard InChI is InChI=1S/C23H27FN6O2/c1-4-15-11-18-19(28-22(15)31)12-16(13-26-18)14(2)29-7-9-30(10-8-29)20-6-5-17(23(32)25-3)27-21(20)24/h5-6,11-14H,4,7-10H2,1-3H3,(H,25,32)(H,28,31). The fourth-order valence-electron chi connectivity index (χ4n) is 4.11. The monoisotopic (exact) mass is 438 g/mol. The number of hydrogen-bond acceptors (Lipinski definition) is 6. The number of nitrogens with zero attached hydrogens (tertiary/aromatic N) is 4. The number of halogens is 1. The minimum atomic E-state index is -0.637. The first-order chi connectivity index (χ1) is 15.4. The number of pyridine rings is 3. The second-order valence-electron chi connectivity index (χ2n) is 7.96. The zero-order valence-corrected chi connectivity index (χ0v) is 18.5. The fraction of sp³-hybridized carbons (Fsp3) is 0.391. The van der Waals surface area contributed by atoms with Crippen LogP contribution in [0.5, 0.6) is 0 Å². The highest BCUT2D eigenvalue weighted by Crippen LogP contribution is 2.26. The van der Waals surface area contributed by atoms with Gasteiger partial charge in [-0.05, 0) is 43.2 Å². The number of anilines is 1. The van der Waals surface area contributed by atoms with Gasteiger partial charge in [0, 0.05) is 51.0 Å². The molecule has 1 amide bonds. The van der Waals surface area contributed by atoms with Crippen LogP contribution in [0.2, 0.25) is 0 Å². The zero-order chi connectivity index (χ0) is 22.8. The Bertz CT molecular complexity index is 1200. The van der Waals surface area contributed by atoms with Crippen LogP contribution in [-0.2, 0) is 6.42 Å². The van der Waals surface area contributed by atoms with Gasteiger partial charge in [0.15, 0.2) is 0 Å². The maximum Gasteiger partial charge on any atom is 0.269 e. The number of H-pyrrole nitrogens is 1. The molecular weight excluding hydrogens is 411 g/mol. The van der Waals surface area contributed by atoms with Crippen LogP contribution in [0.1, 0.15) is 41.5 Å². The summed E-state index contributed by atoms with van der Waals surface area (Å²) >= 11 is 0. The first-order valence-electron chi connectivity index (χ1n) is 10.8. The van der Waals surface area contributed by atoms with Gasteiger partial charge in [-0.1, -0.05) is 6.92 Å². The van der Waals surface area contributed by atoms with Crippen LogP contribution in [0, 0.1) is 5.95 Å². The van der Waals surface area contributed by atoms with E-state index in [0.29, 0.717) is 25.2 Å². The SMILES string of the molecule is CCc1cc2ncc(C(C)N3CCN(c4ccc(C(=O)NC)nc4F)CC3)cc2[nH]c1=O. The molecule has 1 aliphatic heterocycles. The molecule has 3 aromatic rings. The molecule has 32 heavy (non-hydrogen) atoms. The highest BCUT2D eigenvalue weighted by atomic mass is 19.1. The lowest BCUT2D eigenvalue weighted by atomic mass is 10.1. The minimum absolute atomic E-state index is 0.0638. The quantitative estimate of drug-likeness (QED) is 0.594. The third kappa shape index (κ3) is 4.20. The molecule has 1 atom stereocenters. The van der Waals surface area contributed by atoms with Crippen LogP contribution < -0.4 is 15.8 Å². The lowest BCUT2D eigenvalue weighted by molar-refractivity contribution is 0.0957. The molecule has 0 spiro atoms. The molecule has 1 fully saturated rings. The Kier molecular flexibility index (Phi) is 6.18. The Morgan fingerprint density at radius 2 is 2.00 bits per heavy atom. The third-order valence-corrected chi connectivity index (χ3v) is 6.15. The Balaban J connectivity index is 1.46. The fourth-order valence-corrected chi connectivity index (χ4v) is 4.11. The number of piperazine rings is 1. The predicted octanol–water partition coefficient (Wildman–Crippen LogP) is 2.26. The van der Waals surface area contributed by atoms with Crippen molar-refractivity contribution < 1.29 is 9.18 Å². The van der Waals surface area contributed by atoms with Gasteiger partial charge in [-0.3, -0.25) is 19.5 Å². The van der Waals surface area contributed by atoms with Crippen molar-refractivity contribution >= 4 is 22.6 Å². The first kappa shape index (κ1) is 21.9. The number of fused-ring (bicyclic) bond motifs is 1. The van der Waals surface area contributed by atoms with E-state index in [1.807, 2.05) is 30.2 Å². The van der Waals surface area contributed by atoms with Gasteiger partial charge in [0.1, 0.15) is 5.69 Å². The number of aryl methyl sites for hydroxylation is 1.